The van der Waals surface area contributed by atoms with Crippen LogP contribution >= 0.6 is 0 Å². The molecule has 4 heteroatoms. The molecular weight excluding hydrogens is 204 g/mol. The van der Waals surface area contributed by atoms with Gasteiger partial charge in [-0.2, -0.15) is 0 Å². The van der Waals surface area contributed by atoms with Gasteiger partial charge in [-0.3, -0.25) is 4.79 Å². The van der Waals surface area contributed by atoms with Crippen molar-refractivity contribution in [2.45, 2.75) is 26.7 Å². The molecule has 1 heterocycles. The van der Waals surface area contributed by atoms with Crippen LogP contribution in [-0.2, 0) is 9.53 Å². The molecule has 94 valence electrons. The maximum atomic E-state index is 12.2. The van der Waals surface area contributed by atoms with E-state index in [-0.39, 0.29) is 11.3 Å². The summed E-state index contributed by atoms with van der Waals surface area (Å²) in [6.07, 6.45) is 1.73. The molecule has 1 amide bonds. The third-order valence-electron chi connectivity index (χ3n) is 3.13. The van der Waals surface area contributed by atoms with E-state index in [1.165, 1.54) is 0 Å². The number of methoxy groups -OCH3 is 1. The number of piperidine rings is 1. The van der Waals surface area contributed by atoms with Gasteiger partial charge >= 0.3 is 0 Å². The molecule has 1 aliphatic heterocycles. The minimum atomic E-state index is -0.311. The van der Waals surface area contributed by atoms with Crippen LogP contribution in [0.25, 0.3) is 0 Å². The fraction of sp³-hybridized carbons (Fsp3) is 0.917. The van der Waals surface area contributed by atoms with Gasteiger partial charge in [-0.05, 0) is 31.8 Å². The third-order valence-corrected chi connectivity index (χ3v) is 3.13. The van der Waals surface area contributed by atoms with Crippen molar-refractivity contribution in [2.75, 3.05) is 33.4 Å². The molecule has 1 aliphatic rings. The largest absolute Gasteiger partial charge is 0.384 e. The predicted molar refractivity (Wildman–Crippen MR) is 64.3 cm³/mol. The lowest BCUT2D eigenvalue weighted by atomic mass is 9.78. The topological polar surface area (TPSA) is 50.4 Å². The van der Waals surface area contributed by atoms with Crippen LogP contribution in [0.3, 0.4) is 0 Å². The fourth-order valence-electron chi connectivity index (χ4n) is 2.10. The average molecular weight is 228 g/mol. The summed E-state index contributed by atoms with van der Waals surface area (Å²) in [5.74, 6) is 0.648. The summed E-state index contributed by atoms with van der Waals surface area (Å²) in [5.41, 5.74) is -0.311. The second kappa shape index (κ2) is 6.21. The van der Waals surface area contributed by atoms with Crippen molar-refractivity contribution in [3.8, 4) is 0 Å². The highest BCUT2D eigenvalue weighted by atomic mass is 16.5. The zero-order valence-corrected chi connectivity index (χ0v) is 10.6. The number of nitrogens with one attached hydrogen (secondary N) is 2. The summed E-state index contributed by atoms with van der Waals surface area (Å²) in [6, 6.07) is 0. The summed E-state index contributed by atoms with van der Waals surface area (Å²) in [5, 5.41) is 6.31. The Hall–Kier alpha value is -0.610. The molecule has 0 aromatic carbocycles. The number of hydrogen-bond donors (Lipinski definition) is 2. The highest BCUT2D eigenvalue weighted by Crippen LogP contribution is 2.29. The lowest BCUT2D eigenvalue weighted by molar-refractivity contribution is -0.136. The number of ether oxygens (including phenoxy) is 1. The minimum absolute atomic E-state index is 0.157. The number of carbonyl (C=O) groups excluding carboxylic acids is 1. The molecule has 0 saturated carbocycles. The van der Waals surface area contributed by atoms with E-state index in [1.807, 2.05) is 0 Å². The van der Waals surface area contributed by atoms with E-state index in [1.54, 1.807) is 7.11 Å². The Morgan fingerprint density at radius 2 is 2.06 bits per heavy atom. The SMILES string of the molecule is COCC1(C(=O)NCC(C)C)CCNCC1. The summed E-state index contributed by atoms with van der Waals surface area (Å²) in [6.45, 7) is 7.28. The Balaban J connectivity index is 2.57. The third kappa shape index (κ3) is 3.46. The van der Waals surface area contributed by atoms with Gasteiger partial charge in [0.2, 0.25) is 5.91 Å². The molecular formula is C12H24N2O2. The second-order valence-corrected chi connectivity index (χ2v) is 5.07. The van der Waals surface area contributed by atoms with Crippen LogP contribution in [0.2, 0.25) is 0 Å². The zero-order chi connectivity index (χ0) is 12.0. The first-order valence-corrected chi connectivity index (χ1v) is 6.09. The maximum absolute atomic E-state index is 12.2. The Morgan fingerprint density at radius 3 is 2.56 bits per heavy atom. The molecule has 0 spiro atoms. The summed E-state index contributed by atoms with van der Waals surface area (Å²) < 4.78 is 5.22. The van der Waals surface area contributed by atoms with Gasteiger partial charge < -0.3 is 15.4 Å². The average Bonchev–Trinajstić information content (AvgIpc) is 2.27. The number of carbonyl (C=O) groups is 1. The van der Waals surface area contributed by atoms with Gasteiger partial charge in [-0.1, -0.05) is 13.8 Å². The van der Waals surface area contributed by atoms with Crippen LogP contribution in [0.5, 0.6) is 0 Å². The molecule has 0 aromatic rings. The highest BCUT2D eigenvalue weighted by molar-refractivity contribution is 5.83. The molecule has 1 rings (SSSR count). The normalized spacial score (nSPS) is 19.8. The second-order valence-electron chi connectivity index (χ2n) is 5.07. The van der Waals surface area contributed by atoms with Gasteiger partial charge in [0.1, 0.15) is 0 Å². The molecule has 2 N–H and O–H groups in total. The van der Waals surface area contributed by atoms with Crippen LogP contribution in [0.15, 0.2) is 0 Å². The van der Waals surface area contributed by atoms with Crippen molar-refractivity contribution in [3.05, 3.63) is 0 Å². The fourth-order valence-corrected chi connectivity index (χ4v) is 2.10. The van der Waals surface area contributed by atoms with Gasteiger partial charge in [-0.15, -0.1) is 0 Å². The van der Waals surface area contributed by atoms with Crippen molar-refractivity contribution in [1.82, 2.24) is 10.6 Å². The Kier molecular flexibility index (Phi) is 5.22. The van der Waals surface area contributed by atoms with Gasteiger partial charge in [0, 0.05) is 13.7 Å². The monoisotopic (exact) mass is 228 g/mol. The molecule has 1 saturated heterocycles. The van der Waals surface area contributed by atoms with Crippen molar-refractivity contribution < 1.29 is 9.53 Å². The predicted octanol–water partition coefficient (Wildman–Crippen LogP) is 0.775. The molecule has 0 radical (unpaired) electrons. The van der Waals surface area contributed by atoms with Crippen LogP contribution in [0.1, 0.15) is 26.7 Å². The molecule has 0 aliphatic carbocycles. The van der Waals surface area contributed by atoms with E-state index in [0.717, 1.165) is 32.5 Å². The van der Waals surface area contributed by atoms with Crippen LogP contribution in [-0.4, -0.2) is 39.3 Å². The first-order valence-electron chi connectivity index (χ1n) is 6.09. The smallest absolute Gasteiger partial charge is 0.228 e. The lowest BCUT2D eigenvalue weighted by Gasteiger charge is -2.35. The lowest BCUT2D eigenvalue weighted by Crippen LogP contribution is -2.50. The number of rotatable bonds is 5. The van der Waals surface area contributed by atoms with Crippen LogP contribution < -0.4 is 10.6 Å². The maximum Gasteiger partial charge on any atom is 0.228 e. The van der Waals surface area contributed by atoms with Crippen molar-refractivity contribution >= 4 is 5.91 Å². The van der Waals surface area contributed by atoms with Crippen LogP contribution in [0, 0.1) is 11.3 Å². The first-order chi connectivity index (χ1) is 7.60. The Labute approximate surface area is 98.1 Å². The number of hydrogen-bond acceptors (Lipinski definition) is 3. The van der Waals surface area contributed by atoms with E-state index < -0.39 is 0 Å². The summed E-state index contributed by atoms with van der Waals surface area (Å²) >= 11 is 0. The quantitative estimate of drug-likeness (QED) is 0.731. The highest BCUT2D eigenvalue weighted by Gasteiger charge is 2.39. The zero-order valence-electron chi connectivity index (χ0n) is 10.6. The molecule has 0 aromatic heterocycles. The first kappa shape index (κ1) is 13.5. The molecule has 0 atom stereocenters. The standard InChI is InChI=1S/C12H24N2O2/c1-10(2)8-14-11(15)12(9-16-3)4-6-13-7-5-12/h10,13H,4-9H2,1-3H3,(H,14,15). The van der Waals surface area contributed by atoms with E-state index in [2.05, 4.69) is 24.5 Å². The van der Waals surface area contributed by atoms with Crippen molar-refractivity contribution in [2.24, 2.45) is 11.3 Å². The van der Waals surface area contributed by atoms with E-state index in [4.69, 9.17) is 4.74 Å². The number of amides is 1. The molecule has 4 nitrogen and oxygen atoms in total. The Bertz CT molecular complexity index is 218. The molecule has 16 heavy (non-hydrogen) atoms. The molecule has 0 bridgehead atoms. The van der Waals surface area contributed by atoms with Crippen molar-refractivity contribution in [3.63, 3.8) is 0 Å². The van der Waals surface area contributed by atoms with E-state index in [0.29, 0.717) is 12.5 Å². The van der Waals surface area contributed by atoms with E-state index >= 15 is 0 Å². The van der Waals surface area contributed by atoms with Gasteiger partial charge in [0.05, 0.1) is 12.0 Å². The van der Waals surface area contributed by atoms with Gasteiger partial charge in [0.25, 0.3) is 0 Å². The van der Waals surface area contributed by atoms with E-state index in [9.17, 15) is 4.79 Å². The van der Waals surface area contributed by atoms with Gasteiger partial charge in [0.15, 0.2) is 0 Å². The molecule has 0 unspecified atom stereocenters. The molecule has 1 fully saturated rings. The van der Waals surface area contributed by atoms with Gasteiger partial charge in [-0.25, -0.2) is 0 Å². The van der Waals surface area contributed by atoms with Crippen molar-refractivity contribution in [1.29, 1.82) is 0 Å². The Morgan fingerprint density at radius 1 is 1.44 bits per heavy atom. The minimum Gasteiger partial charge on any atom is -0.384 e. The summed E-state index contributed by atoms with van der Waals surface area (Å²) in [7, 11) is 1.67. The summed E-state index contributed by atoms with van der Waals surface area (Å²) in [4.78, 5) is 12.2. The van der Waals surface area contributed by atoms with Crippen LogP contribution in [0.4, 0.5) is 0 Å².